The lowest BCUT2D eigenvalue weighted by Gasteiger charge is -2.39. The number of hydrogen-bond acceptors (Lipinski definition) is 4. The molecule has 2 aliphatic rings. The minimum Gasteiger partial charge on any atom is -0.504 e. The number of likely N-dealkylation sites (tertiary alicyclic amines) is 1. The number of ether oxygens (including phenoxy) is 1. The van der Waals surface area contributed by atoms with E-state index >= 15 is 0 Å². The van der Waals surface area contributed by atoms with Gasteiger partial charge in [0.15, 0.2) is 11.5 Å². The van der Waals surface area contributed by atoms with Crippen LogP contribution in [-0.4, -0.2) is 42.3 Å². The molecule has 0 radical (unpaired) electrons. The predicted octanol–water partition coefficient (Wildman–Crippen LogP) is 2.51. The van der Waals surface area contributed by atoms with E-state index in [0.717, 1.165) is 18.7 Å². The van der Waals surface area contributed by atoms with Gasteiger partial charge < -0.3 is 15.2 Å². The van der Waals surface area contributed by atoms with Crippen LogP contribution < -0.4 is 10.1 Å². The van der Waals surface area contributed by atoms with Crippen LogP contribution in [-0.2, 0) is 6.54 Å². The molecule has 0 bridgehead atoms. The molecule has 2 heterocycles. The molecule has 1 aromatic carbocycles. The predicted molar refractivity (Wildman–Crippen MR) is 83.7 cm³/mol. The van der Waals surface area contributed by atoms with Crippen molar-refractivity contribution < 1.29 is 9.84 Å². The zero-order valence-corrected chi connectivity index (χ0v) is 12.8. The van der Waals surface area contributed by atoms with E-state index in [-0.39, 0.29) is 5.75 Å². The second-order valence-corrected chi connectivity index (χ2v) is 6.24. The largest absolute Gasteiger partial charge is 0.504 e. The minimum absolute atomic E-state index is 0.238. The molecule has 2 unspecified atom stereocenters. The lowest BCUT2D eigenvalue weighted by Crippen LogP contribution is -2.49. The number of phenolic OH excluding ortho intramolecular Hbond substituents is 1. The van der Waals surface area contributed by atoms with Crippen LogP contribution in [0.3, 0.4) is 0 Å². The molecule has 21 heavy (non-hydrogen) atoms. The highest BCUT2D eigenvalue weighted by Crippen LogP contribution is 2.29. The van der Waals surface area contributed by atoms with Crippen molar-refractivity contribution in [3.8, 4) is 11.5 Å². The van der Waals surface area contributed by atoms with Crippen LogP contribution in [0.2, 0.25) is 0 Å². The Morgan fingerprint density at radius 3 is 2.90 bits per heavy atom. The third-order valence-electron chi connectivity index (χ3n) is 4.86. The highest BCUT2D eigenvalue weighted by atomic mass is 16.5. The van der Waals surface area contributed by atoms with E-state index in [2.05, 4.69) is 16.3 Å². The number of aromatic hydroxyl groups is 1. The molecule has 3 rings (SSSR count). The number of hydrogen-bond donors (Lipinski definition) is 2. The van der Waals surface area contributed by atoms with E-state index in [4.69, 9.17) is 4.74 Å². The van der Waals surface area contributed by atoms with Gasteiger partial charge in [-0.05, 0) is 56.5 Å². The average molecular weight is 290 g/mol. The molecule has 0 amide bonds. The fourth-order valence-electron chi connectivity index (χ4n) is 3.78. The first-order valence-electron chi connectivity index (χ1n) is 8.11. The maximum absolute atomic E-state index is 9.94. The first-order valence-corrected chi connectivity index (χ1v) is 8.11. The van der Waals surface area contributed by atoms with E-state index in [0.29, 0.717) is 17.8 Å². The zero-order valence-electron chi connectivity index (χ0n) is 12.8. The van der Waals surface area contributed by atoms with Crippen molar-refractivity contribution in [2.24, 2.45) is 0 Å². The number of nitrogens with one attached hydrogen (secondary N) is 1. The Balaban J connectivity index is 1.70. The molecular weight excluding hydrogens is 264 g/mol. The lowest BCUT2D eigenvalue weighted by atomic mass is 9.94. The molecule has 0 aliphatic carbocycles. The maximum Gasteiger partial charge on any atom is 0.160 e. The van der Waals surface area contributed by atoms with Crippen molar-refractivity contribution >= 4 is 0 Å². The molecule has 2 aliphatic heterocycles. The van der Waals surface area contributed by atoms with Crippen molar-refractivity contribution in [1.82, 2.24) is 10.2 Å². The Bertz CT molecular complexity index is 472. The van der Waals surface area contributed by atoms with Crippen molar-refractivity contribution in [2.75, 3.05) is 20.2 Å². The van der Waals surface area contributed by atoms with Crippen LogP contribution in [0.15, 0.2) is 18.2 Å². The van der Waals surface area contributed by atoms with Crippen LogP contribution in [0.1, 0.15) is 37.7 Å². The summed E-state index contributed by atoms with van der Waals surface area (Å²) < 4.78 is 5.12. The van der Waals surface area contributed by atoms with Gasteiger partial charge in [0, 0.05) is 18.6 Å². The molecule has 0 saturated carbocycles. The van der Waals surface area contributed by atoms with E-state index in [9.17, 15) is 5.11 Å². The van der Waals surface area contributed by atoms with Gasteiger partial charge in [0.1, 0.15) is 0 Å². The molecular formula is C17H26N2O2. The summed E-state index contributed by atoms with van der Waals surface area (Å²) >= 11 is 0. The zero-order chi connectivity index (χ0) is 14.7. The highest BCUT2D eigenvalue weighted by molar-refractivity contribution is 5.41. The summed E-state index contributed by atoms with van der Waals surface area (Å²) in [6, 6.07) is 7.05. The molecule has 4 heteroatoms. The SMILES string of the molecule is COc1ccc(CN2CCCCC2C2CCCN2)cc1O. The Morgan fingerprint density at radius 1 is 1.29 bits per heavy atom. The summed E-state index contributed by atoms with van der Waals surface area (Å²) in [5.41, 5.74) is 1.16. The molecule has 2 atom stereocenters. The van der Waals surface area contributed by atoms with E-state index < -0.39 is 0 Å². The average Bonchev–Trinajstić information content (AvgIpc) is 3.02. The second-order valence-electron chi connectivity index (χ2n) is 6.24. The quantitative estimate of drug-likeness (QED) is 0.894. The van der Waals surface area contributed by atoms with Crippen molar-refractivity contribution in [3.05, 3.63) is 23.8 Å². The standard InChI is InChI=1S/C17H26N2O2/c1-21-17-8-7-13(11-16(17)20)12-19-10-3-2-6-15(19)14-5-4-9-18-14/h7-8,11,14-15,18,20H,2-6,9-10,12H2,1H3. The van der Waals surface area contributed by atoms with Gasteiger partial charge in [-0.25, -0.2) is 0 Å². The normalized spacial score (nSPS) is 26.9. The fourth-order valence-corrected chi connectivity index (χ4v) is 3.78. The van der Waals surface area contributed by atoms with Gasteiger partial charge in [0.05, 0.1) is 7.11 Å². The van der Waals surface area contributed by atoms with Crippen LogP contribution in [0.5, 0.6) is 11.5 Å². The van der Waals surface area contributed by atoms with E-state index in [1.807, 2.05) is 12.1 Å². The Labute approximate surface area is 127 Å². The van der Waals surface area contributed by atoms with Gasteiger partial charge in [-0.15, -0.1) is 0 Å². The molecule has 2 fully saturated rings. The highest BCUT2D eigenvalue weighted by Gasteiger charge is 2.31. The van der Waals surface area contributed by atoms with Gasteiger partial charge in [0.2, 0.25) is 0 Å². The van der Waals surface area contributed by atoms with Crippen LogP contribution >= 0.6 is 0 Å². The summed E-state index contributed by atoms with van der Waals surface area (Å²) in [6.07, 6.45) is 6.52. The Kier molecular flexibility index (Phi) is 4.66. The number of methoxy groups -OCH3 is 1. The molecule has 2 N–H and O–H groups in total. The maximum atomic E-state index is 9.94. The van der Waals surface area contributed by atoms with E-state index in [1.165, 1.54) is 38.6 Å². The third kappa shape index (κ3) is 3.33. The Hall–Kier alpha value is -1.26. The van der Waals surface area contributed by atoms with Crippen LogP contribution in [0.4, 0.5) is 0 Å². The summed E-state index contributed by atoms with van der Waals surface area (Å²) in [6.45, 7) is 3.24. The topological polar surface area (TPSA) is 44.7 Å². The van der Waals surface area contributed by atoms with Gasteiger partial charge in [-0.1, -0.05) is 12.5 Å². The number of phenols is 1. The summed E-state index contributed by atoms with van der Waals surface area (Å²) in [7, 11) is 1.58. The second kappa shape index (κ2) is 6.67. The molecule has 1 aromatic rings. The smallest absolute Gasteiger partial charge is 0.160 e. The molecule has 4 nitrogen and oxygen atoms in total. The van der Waals surface area contributed by atoms with Crippen LogP contribution in [0, 0.1) is 0 Å². The number of nitrogens with zero attached hydrogens (tertiary/aromatic N) is 1. The lowest BCUT2D eigenvalue weighted by molar-refractivity contribution is 0.112. The minimum atomic E-state index is 0.238. The van der Waals surface area contributed by atoms with E-state index in [1.54, 1.807) is 7.11 Å². The molecule has 0 aromatic heterocycles. The number of rotatable bonds is 4. The molecule has 2 saturated heterocycles. The van der Waals surface area contributed by atoms with Crippen molar-refractivity contribution in [3.63, 3.8) is 0 Å². The summed E-state index contributed by atoms with van der Waals surface area (Å²) in [5.74, 6) is 0.786. The third-order valence-corrected chi connectivity index (χ3v) is 4.86. The van der Waals surface area contributed by atoms with Crippen molar-refractivity contribution in [1.29, 1.82) is 0 Å². The summed E-state index contributed by atoms with van der Waals surface area (Å²) in [4.78, 5) is 2.59. The number of benzene rings is 1. The Morgan fingerprint density at radius 2 is 2.19 bits per heavy atom. The fraction of sp³-hybridized carbons (Fsp3) is 0.647. The summed E-state index contributed by atoms with van der Waals surface area (Å²) in [5, 5.41) is 13.6. The number of piperidine rings is 1. The first kappa shape index (κ1) is 14.7. The van der Waals surface area contributed by atoms with Gasteiger partial charge in [-0.3, -0.25) is 4.90 Å². The molecule has 0 spiro atoms. The van der Waals surface area contributed by atoms with Crippen molar-refractivity contribution in [2.45, 2.75) is 50.7 Å². The van der Waals surface area contributed by atoms with Gasteiger partial charge in [0.25, 0.3) is 0 Å². The van der Waals surface area contributed by atoms with Gasteiger partial charge >= 0.3 is 0 Å². The molecule has 116 valence electrons. The van der Waals surface area contributed by atoms with Crippen LogP contribution in [0.25, 0.3) is 0 Å². The monoisotopic (exact) mass is 290 g/mol. The van der Waals surface area contributed by atoms with Gasteiger partial charge in [-0.2, -0.15) is 0 Å². The first-order chi connectivity index (χ1) is 10.3.